The lowest BCUT2D eigenvalue weighted by Gasteiger charge is -2.27. The Kier molecular flexibility index (Phi) is 5.44. The van der Waals surface area contributed by atoms with Crippen molar-refractivity contribution in [1.82, 2.24) is 19.5 Å². The Morgan fingerprint density at radius 3 is 2.66 bits per heavy atom. The Balaban J connectivity index is 1.74. The number of nitrogens with zero attached hydrogens (tertiary/aromatic N) is 4. The molecule has 4 rings (SSSR count). The van der Waals surface area contributed by atoms with Crippen LogP contribution in [0.25, 0.3) is 10.8 Å². The number of aliphatic hydroxyl groups is 1. The first-order valence-electron chi connectivity index (χ1n) is 10.1. The largest absolute Gasteiger partial charge is 0.393 e. The Morgan fingerprint density at radius 2 is 1.97 bits per heavy atom. The summed E-state index contributed by atoms with van der Waals surface area (Å²) in [5.41, 5.74) is 0.779. The molecule has 0 amide bonds. The van der Waals surface area contributed by atoms with E-state index in [1.165, 1.54) is 0 Å². The van der Waals surface area contributed by atoms with Gasteiger partial charge in [0.15, 0.2) is 0 Å². The quantitative estimate of drug-likeness (QED) is 0.611. The van der Waals surface area contributed by atoms with Crippen molar-refractivity contribution in [3.63, 3.8) is 0 Å². The second kappa shape index (κ2) is 8.16. The van der Waals surface area contributed by atoms with Crippen molar-refractivity contribution >= 4 is 28.2 Å². The fourth-order valence-corrected chi connectivity index (χ4v) is 3.72. The fraction of sp³-hybridized carbons (Fsp3) is 0.429. The minimum absolute atomic E-state index is 0.0579. The molecule has 1 aliphatic carbocycles. The molecule has 3 heterocycles. The normalized spacial score (nSPS) is 19.3. The van der Waals surface area contributed by atoms with Crippen LogP contribution in [0.3, 0.4) is 0 Å². The molecule has 0 unspecified atom stereocenters. The SMILES string of the molecule is CCn1ccc2cc(Nc3cnc(C)cn3)nc(NC3CCC(O)CC3)c2c1=O. The molecule has 0 spiro atoms. The highest BCUT2D eigenvalue weighted by Gasteiger charge is 2.21. The monoisotopic (exact) mass is 394 g/mol. The van der Waals surface area contributed by atoms with E-state index in [1.807, 2.05) is 26.0 Å². The third-order valence-corrected chi connectivity index (χ3v) is 5.37. The number of hydrogen-bond donors (Lipinski definition) is 3. The molecule has 0 aromatic carbocycles. The number of nitrogens with one attached hydrogen (secondary N) is 2. The predicted molar refractivity (Wildman–Crippen MR) is 114 cm³/mol. The van der Waals surface area contributed by atoms with Crippen molar-refractivity contribution < 1.29 is 5.11 Å². The number of aliphatic hydroxyl groups excluding tert-OH is 1. The molecule has 8 nitrogen and oxygen atoms in total. The van der Waals surface area contributed by atoms with Crippen LogP contribution in [0.1, 0.15) is 38.3 Å². The highest BCUT2D eigenvalue weighted by atomic mass is 16.3. The zero-order valence-corrected chi connectivity index (χ0v) is 16.7. The molecule has 0 saturated heterocycles. The molecule has 1 saturated carbocycles. The Morgan fingerprint density at radius 1 is 1.17 bits per heavy atom. The highest BCUT2D eigenvalue weighted by molar-refractivity contribution is 5.93. The van der Waals surface area contributed by atoms with Crippen LogP contribution in [0.15, 0.2) is 35.5 Å². The number of anilines is 3. The summed E-state index contributed by atoms with van der Waals surface area (Å²) < 4.78 is 1.68. The zero-order valence-electron chi connectivity index (χ0n) is 16.7. The van der Waals surface area contributed by atoms with Gasteiger partial charge in [0.2, 0.25) is 0 Å². The lowest BCUT2D eigenvalue weighted by atomic mass is 9.93. The van der Waals surface area contributed by atoms with Gasteiger partial charge in [-0.05, 0) is 57.0 Å². The summed E-state index contributed by atoms with van der Waals surface area (Å²) in [6.45, 7) is 4.43. The zero-order chi connectivity index (χ0) is 20.4. The van der Waals surface area contributed by atoms with Crippen molar-refractivity contribution in [3.05, 3.63) is 46.8 Å². The van der Waals surface area contributed by atoms with E-state index in [0.29, 0.717) is 29.4 Å². The molecule has 152 valence electrons. The maximum Gasteiger partial charge on any atom is 0.262 e. The fourth-order valence-electron chi connectivity index (χ4n) is 3.72. The van der Waals surface area contributed by atoms with Crippen LogP contribution in [0.4, 0.5) is 17.5 Å². The molecule has 3 N–H and O–H groups in total. The van der Waals surface area contributed by atoms with Gasteiger partial charge < -0.3 is 20.3 Å². The molecular formula is C21H26N6O2. The molecule has 8 heteroatoms. The van der Waals surface area contributed by atoms with Gasteiger partial charge in [-0.2, -0.15) is 0 Å². The van der Waals surface area contributed by atoms with Gasteiger partial charge in [0.1, 0.15) is 17.5 Å². The molecule has 0 aliphatic heterocycles. The van der Waals surface area contributed by atoms with E-state index in [-0.39, 0.29) is 17.7 Å². The summed E-state index contributed by atoms with van der Waals surface area (Å²) in [5.74, 6) is 1.76. The smallest absolute Gasteiger partial charge is 0.262 e. The van der Waals surface area contributed by atoms with E-state index in [1.54, 1.807) is 23.2 Å². The minimum atomic E-state index is -0.233. The third kappa shape index (κ3) is 4.22. The van der Waals surface area contributed by atoms with E-state index in [9.17, 15) is 9.90 Å². The number of hydrogen-bond acceptors (Lipinski definition) is 7. The van der Waals surface area contributed by atoms with Crippen molar-refractivity contribution in [2.75, 3.05) is 10.6 Å². The van der Waals surface area contributed by atoms with E-state index >= 15 is 0 Å². The van der Waals surface area contributed by atoms with Crippen LogP contribution in [0.5, 0.6) is 0 Å². The first-order chi connectivity index (χ1) is 14.0. The number of rotatable bonds is 5. The standard InChI is InChI=1S/C21H26N6O2/c1-3-27-9-8-14-10-17(25-18-12-22-13(2)11-23-18)26-20(19(14)21(27)29)24-15-4-6-16(28)7-5-15/h8-12,15-16,28H,3-7H2,1-2H3,(H2,23,24,25,26). The van der Waals surface area contributed by atoms with Gasteiger partial charge in [-0.25, -0.2) is 9.97 Å². The van der Waals surface area contributed by atoms with Crippen LogP contribution in [0, 0.1) is 6.92 Å². The molecule has 0 bridgehead atoms. The van der Waals surface area contributed by atoms with Gasteiger partial charge >= 0.3 is 0 Å². The molecular weight excluding hydrogens is 368 g/mol. The number of aromatic nitrogens is 4. The average Bonchev–Trinajstić information content (AvgIpc) is 2.71. The molecule has 3 aromatic heterocycles. The molecule has 3 aromatic rings. The van der Waals surface area contributed by atoms with Gasteiger partial charge in [-0.15, -0.1) is 0 Å². The van der Waals surface area contributed by atoms with Gasteiger partial charge in [0, 0.05) is 18.8 Å². The van der Waals surface area contributed by atoms with E-state index < -0.39 is 0 Å². The third-order valence-electron chi connectivity index (χ3n) is 5.37. The molecule has 0 radical (unpaired) electrons. The van der Waals surface area contributed by atoms with Crippen molar-refractivity contribution in [2.24, 2.45) is 0 Å². The molecule has 1 aliphatic rings. The van der Waals surface area contributed by atoms with E-state index in [4.69, 9.17) is 4.98 Å². The summed E-state index contributed by atoms with van der Waals surface area (Å²) >= 11 is 0. The van der Waals surface area contributed by atoms with Gasteiger partial charge in [-0.1, -0.05) is 0 Å². The number of fused-ring (bicyclic) bond motifs is 1. The van der Waals surface area contributed by atoms with Crippen molar-refractivity contribution in [1.29, 1.82) is 0 Å². The number of pyridine rings is 2. The molecule has 1 fully saturated rings. The Bertz CT molecular complexity index is 1060. The predicted octanol–water partition coefficient (Wildman–Crippen LogP) is 2.97. The van der Waals surface area contributed by atoms with Crippen LogP contribution in [0.2, 0.25) is 0 Å². The maximum atomic E-state index is 13.0. The van der Waals surface area contributed by atoms with Gasteiger partial charge in [0.25, 0.3) is 5.56 Å². The first-order valence-corrected chi connectivity index (χ1v) is 10.1. The molecule has 29 heavy (non-hydrogen) atoms. The van der Waals surface area contributed by atoms with E-state index in [2.05, 4.69) is 20.6 Å². The van der Waals surface area contributed by atoms with Crippen molar-refractivity contribution in [3.8, 4) is 0 Å². The lowest BCUT2D eigenvalue weighted by Crippen LogP contribution is -2.29. The Labute approximate surface area is 169 Å². The Hall–Kier alpha value is -3.00. The first kappa shape index (κ1) is 19.3. The van der Waals surface area contributed by atoms with Crippen LogP contribution in [-0.2, 0) is 6.54 Å². The number of aryl methyl sites for hydroxylation is 2. The minimum Gasteiger partial charge on any atom is -0.393 e. The summed E-state index contributed by atoms with van der Waals surface area (Å²) in [6, 6.07) is 3.97. The van der Waals surface area contributed by atoms with E-state index in [0.717, 1.165) is 36.8 Å². The van der Waals surface area contributed by atoms with Gasteiger partial charge in [0.05, 0.1) is 29.6 Å². The topological polar surface area (TPSA) is 105 Å². The van der Waals surface area contributed by atoms with Crippen LogP contribution in [-0.4, -0.2) is 36.8 Å². The second-order valence-electron chi connectivity index (χ2n) is 7.55. The summed E-state index contributed by atoms with van der Waals surface area (Å²) in [7, 11) is 0. The molecule has 0 atom stereocenters. The van der Waals surface area contributed by atoms with Crippen LogP contribution >= 0.6 is 0 Å². The summed E-state index contributed by atoms with van der Waals surface area (Å²) in [4.78, 5) is 26.3. The maximum absolute atomic E-state index is 13.0. The van der Waals surface area contributed by atoms with Crippen molar-refractivity contribution in [2.45, 2.75) is 58.2 Å². The highest BCUT2D eigenvalue weighted by Crippen LogP contribution is 2.27. The van der Waals surface area contributed by atoms with Crippen LogP contribution < -0.4 is 16.2 Å². The lowest BCUT2D eigenvalue weighted by molar-refractivity contribution is 0.126. The summed E-state index contributed by atoms with van der Waals surface area (Å²) in [6.07, 6.45) is 8.13. The second-order valence-corrected chi connectivity index (χ2v) is 7.55. The van der Waals surface area contributed by atoms with Gasteiger partial charge in [-0.3, -0.25) is 9.78 Å². The summed E-state index contributed by atoms with van der Waals surface area (Å²) in [5, 5.41) is 17.8. The average molecular weight is 394 g/mol.